The van der Waals surface area contributed by atoms with Crippen LogP contribution < -0.4 is 0 Å². The van der Waals surface area contributed by atoms with Crippen molar-refractivity contribution in [3.63, 3.8) is 0 Å². The van der Waals surface area contributed by atoms with E-state index < -0.39 is 11.6 Å². The Morgan fingerprint density at radius 3 is 1.87 bits per heavy atom. The lowest BCUT2D eigenvalue weighted by atomic mass is 10.2. The molecule has 0 aliphatic heterocycles. The molecular formula is C13H20F2. The van der Waals surface area contributed by atoms with E-state index >= 15 is 0 Å². The molecule has 15 heavy (non-hydrogen) atoms. The predicted molar refractivity (Wildman–Crippen MR) is 60.9 cm³/mol. The maximum absolute atomic E-state index is 12.3. The molecule has 0 saturated heterocycles. The van der Waals surface area contributed by atoms with Gasteiger partial charge in [-0.1, -0.05) is 45.6 Å². The van der Waals surface area contributed by atoms with Crippen molar-refractivity contribution in [3.05, 3.63) is 35.4 Å². The molecule has 0 N–H and O–H groups in total. The summed E-state index contributed by atoms with van der Waals surface area (Å²) in [5.41, 5.74) is 0.469. The van der Waals surface area contributed by atoms with Gasteiger partial charge in [0.25, 0.3) is 0 Å². The standard InChI is InChI=1S/C7H6F2.C6H14/c1-5-2-3-6(8)4-7(5)9;1-3-5-6-4-2/h2-4H,1H3;3-6H2,1-2H3. The predicted octanol–water partition coefficient (Wildman–Crippen LogP) is 4.86. The molecule has 86 valence electrons. The van der Waals surface area contributed by atoms with Gasteiger partial charge in [-0.25, -0.2) is 8.78 Å². The van der Waals surface area contributed by atoms with E-state index in [4.69, 9.17) is 0 Å². The maximum Gasteiger partial charge on any atom is 0.129 e. The number of halogens is 2. The third kappa shape index (κ3) is 7.06. The third-order valence-corrected chi connectivity index (χ3v) is 2.09. The monoisotopic (exact) mass is 214 g/mol. The fourth-order valence-electron chi connectivity index (χ4n) is 1.07. The van der Waals surface area contributed by atoms with E-state index in [1.165, 1.54) is 37.8 Å². The number of benzene rings is 1. The van der Waals surface area contributed by atoms with E-state index in [-0.39, 0.29) is 0 Å². The lowest BCUT2D eigenvalue weighted by Crippen LogP contribution is -1.81. The van der Waals surface area contributed by atoms with Crippen LogP contribution in [0.5, 0.6) is 0 Å². The van der Waals surface area contributed by atoms with Gasteiger partial charge >= 0.3 is 0 Å². The van der Waals surface area contributed by atoms with Crippen molar-refractivity contribution < 1.29 is 8.78 Å². The number of hydrogen-bond donors (Lipinski definition) is 0. The van der Waals surface area contributed by atoms with Crippen LogP contribution in [-0.2, 0) is 0 Å². The SMILES string of the molecule is CCCCCC.Cc1ccc(F)cc1F. The van der Waals surface area contributed by atoms with Gasteiger partial charge in [0, 0.05) is 6.07 Å². The van der Waals surface area contributed by atoms with Crippen LogP contribution in [-0.4, -0.2) is 0 Å². The molecule has 0 aliphatic carbocycles. The van der Waals surface area contributed by atoms with E-state index in [1.807, 2.05) is 0 Å². The van der Waals surface area contributed by atoms with Gasteiger partial charge in [0.1, 0.15) is 11.6 Å². The van der Waals surface area contributed by atoms with Crippen LogP contribution >= 0.6 is 0 Å². The van der Waals surface area contributed by atoms with E-state index in [2.05, 4.69) is 13.8 Å². The molecule has 0 fully saturated rings. The number of rotatable bonds is 3. The first-order valence-electron chi connectivity index (χ1n) is 5.53. The molecule has 0 aromatic heterocycles. The van der Waals surface area contributed by atoms with Crippen LogP contribution in [0, 0.1) is 18.6 Å². The average Bonchev–Trinajstić information content (AvgIpc) is 2.22. The summed E-state index contributed by atoms with van der Waals surface area (Å²) in [6.07, 6.45) is 5.54. The summed E-state index contributed by atoms with van der Waals surface area (Å²) < 4.78 is 24.4. The smallest absolute Gasteiger partial charge is 0.129 e. The fourth-order valence-corrected chi connectivity index (χ4v) is 1.07. The second-order valence-corrected chi connectivity index (χ2v) is 3.60. The lowest BCUT2D eigenvalue weighted by molar-refractivity contribution is 0.577. The van der Waals surface area contributed by atoms with Crippen molar-refractivity contribution in [2.45, 2.75) is 46.5 Å². The zero-order valence-electron chi connectivity index (χ0n) is 9.82. The Kier molecular flexibility index (Phi) is 7.88. The molecule has 0 radical (unpaired) electrons. The van der Waals surface area contributed by atoms with E-state index in [1.54, 1.807) is 6.92 Å². The molecular weight excluding hydrogens is 194 g/mol. The summed E-state index contributed by atoms with van der Waals surface area (Å²) in [6.45, 7) is 6.06. The minimum Gasteiger partial charge on any atom is -0.207 e. The van der Waals surface area contributed by atoms with Gasteiger partial charge in [-0.05, 0) is 18.6 Å². The molecule has 0 nitrogen and oxygen atoms in total. The number of aryl methyl sites for hydroxylation is 1. The topological polar surface area (TPSA) is 0 Å². The molecule has 2 heteroatoms. The van der Waals surface area contributed by atoms with Crippen molar-refractivity contribution in [2.24, 2.45) is 0 Å². The molecule has 0 atom stereocenters. The zero-order valence-corrected chi connectivity index (χ0v) is 9.82. The number of unbranched alkanes of at least 4 members (excludes halogenated alkanes) is 3. The van der Waals surface area contributed by atoms with Crippen molar-refractivity contribution >= 4 is 0 Å². The van der Waals surface area contributed by atoms with Gasteiger partial charge in [-0.15, -0.1) is 0 Å². The normalized spacial score (nSPS) is 9.40. The Morgan fingerprint density at radius 1 is 1.00 bits per heavy atom. The molecule has 0 spiro atoms. The van der Waals surface area contributed by atoms with Crippen molar-refractivity contribution in [1.82, 2.24) is 0 Å². The minimum absolute atomic E-state index is 0.469. The Bertz CT molecular complexity index is 265. The Hall–Kier alpha value is -0.920. The summed E-state index contributed by atoms with van der Waals surface area (Å²) in [5.74, 6) is -1.02. The largest absolute Gasteiger partial charge is 0.207 e. The van der Waals surface area contributed by atoms with Crippen LogP contribution in [0.4, 0.5) is 8.78 Å². The summed E-state index contributed by atoms with van der Waals surface area (Å²) in [4.78, 5) is 0. The highest BCUT2D eigenvalue weighted by Gasteiger charge is 1.95. The molecule has 0 saturated carbocycles. The Morgan fingerprint density at radius 2 is 1.53 bits per heavy atom. The van der Waals surface area contributed by atoms with Gasteiger partial charge in [0.2, 0.25) is 0 Å². The van der Waals surface area contributed by atoms with Gasteiger partial charge in [0.05, 0.1) is 0 Å². The minimum atomic E-state index is -0.530. The van der Waals surface area contributed by atoms with Crippen molar-refractivity contribution in [1.29, 1.82) is 0 Å². The van der Waals surface area contributed by atoms with Gasteiger partial charge in [-0.2, -0.15) is 0 Å². The first-order valence-corrected chi connectivity index (χ1v) is 5.53. The second-order valence-electron chi connectivity index (χ2n) is 3.60. The molecule has 0 unspecified atom stereocenters. The summed E-state index contributed by atoms with van der Waals surface area (Å²) in [7, 11) is 0. The van der Waals surface area contributed by atoms with Crippen LogP contribution in [0.2, 0.25) is 0 Å². The Balaban J connectivity index is 0.000000288. The maximum atomic E-state index is 12.3. The lowest BCUT2D eigenvalue weighted by Gasteiger charge is -1.92. The molecule has 1 aromatic carbocycles. The van der Waals surface area contributed by atoms with Crippen LogP contribution in [0.25, 0.3) is 0 Å². The summed E-state index contributed by atoms with van der Waals surface area (Å²) in [5, 5.41) is 0. The van der Waals surface area contributed by atoms with Crippen molar-refractivity contribution in [2.75, 3.05) is 0 Å². The van der Waals surface area contributed by atoms with Crippen LogP contribution in [0.15, 0.2) is 18.2 Å². The highest BCUT2D eigenvalue weighted by atomic mass is 19.1. The van der Waals surface area contributed by atoms with Crippen molar-refractivity contribution in [3.8, 4) is 0 Å². The molecule has 0 bridgehead atoms. The second kappa shape index (κ2) is 8.39. The summed E-state index contributed by atoms with van der Waals surface area (Å²) >= 11 is 0. The van der Waals surface area contributed by atoms with E-state index in [0.29, 0.717) is 5.56 Å². The fraction of sp³-hybridized carbons (Fsp3) is 0.538. The van der Waals surface area contributed by atoms with E-state index in [9.17, 15) is 8.78 Å². The summed E-state index contributed by atoms with van der Waals surface area (Å²) in [6, 6.07) is 3.51. The van der Waals surface area contributed by atoms with Gasteiger partial charge in [0.15, 0.2) is 0 Å². The first kappa shape index (κ1) is 14.1. The first-order chi connectivity index (χ1) is 7.11. The molecule has 0 amide bonds. The molecule has 0 heterocycles. The quantitative estimate of drug-likeness (QED) is 0.630. The van der Waals surface area contributed by atoms with Gasteiger partial charge < -0.3 is 0 Å². The molecule has 0 aliphatic rings. The highest BCUT2D eigenvalue weighted by Crippen LogP contribution is 2.06. The molecule has 1 rings (SSSR count). The van der Waals surface area contributed by atoms with Gasteiger partial charge in [-0.3, -0.25) is 0 Å². The highest BCUT2D eigenvalue weighted by molar-refractivity contribution is 5.16. The Labute approximate surface area is 91.3 Å². The van der Waals surface area contributed by atoms with E-state index in [0.717, 1.165) is 6.07 Å². The number of hydrogen-bond acceptors (Lipinski definition) is 0. The third-order valence-electron chi connectivity index (χ3n) is 2.09. The van der Waals surface area contributed by atoms with Crippen LogP contribution in [0.3, 0.4) is 0 Å². The van der Waals surface area contributed by atoms with Crippen LogP contribution in [0.1, 0.15) is 45.1 Å². The zero-order chi connectivity index (χ0) is 11.7. The molecule has 1 aromatic rings. The average molecular weight is 214 g/mol.